The fraction of sp³-hybridized carbons (Fsp3) is 0.462. The SMILES string of the molecule is NCC(C(=O)O)c1cc(N2CCCC2)ccc1O. The summed E-state index contributed by atoms with van der Waals surface area (Å²) in [6.07, 6.45) is 2.30. The van der Waals surface area contributed by atoms with Gasteiger partial charge in [-0.05, 0) is 31.0 Å². The Kier molecular flexibility index (Phi) is 3.72. The lowest BCUT2D eigenvalue weighted by Gasteiger charge is -2.20. The Hall–Kier alpha value is -1.75. The maximum absolute atomic E-state index is 11.1. The molecule has 0 radical (unpaired) electrons. The predicted octanol–water partition coefficient (Wildman–Crippen LogP) is 1.12. The molecule has 5 nitrogen and oxygen atoms in total. The third-order valence-corrected chi connectivity index (χ3v) is 3.39. The van der Waals surface area contributed by atoms with Crippen molar-refractivity contribution in [3.63, 3.8) is 0 Å². The second-order valence-corrected chi connectivity index (χ2v) is 4.56. The first-order valence-corrected chi connectivity index (χ1v) is 6.14. The Bertz CT molecular complexity index is 442. The summed E-state index contributed by atoms with van der Waals surface area (Å²) in [6, 6.07) is 5.11. The molecule has 0 saturated carbocycles. The largest absolute Gasteiger partial charge is 0.508 e. The summed E-state index contributed by atoms with van der Waals surface area (Å²) in [5, 5.41) is 18.9. The topological polar surface area (TPSA) is 86.8 Å². The van der Waals surface area contributed by atoms with E-state index in [1.807, 2.05) is 6.07 Å². The van der Waals surface area contributed by atoms with E-state index < -0.39 is 11.9 Å². The smallest absolute Gasteiger partial charge is 0.312 e. The maximum atomic E-state index is 11.1. The molecule has 4 N–H and O–H groups in total. The van der Waals surface area contributed by atoms with E-state index in [1.54, 1.807) is 12.1 Å². The van der Waals surface area contributed by atoms with E-state index in [-0.39, 0.29) is 12.3 Å². The molecule has 0 aliphatic carbocycles. The van der Waals surface area contributed by atoms with Gasteiger partial charge in [0, 0.05) is 30.9 Å². The Labute approximate surface area is 106 Å². The summed E-state index contributed by atoms with van der Waals surface area (Å²) in [5.41, 5.74) is 6.83. The van der Waals surface area contributed by atoms with Gasteiger partial charge in [-0.1, -0.05) is 0 Å². The molecule has 0 spiro atoms. The lowest BCUT2D eigenvalue weighted by molar-refractivity contribution is -0.138. The average molecular weight is 250 g/mol. The summed E-state index contributed by atoms with van der Waals surface area (Å²) in [6.45, 7) is 1.93. The number of carboxylic acid groups (broad SMARTS) is 1. The van der Waals surface area contributed by atoms with Crippen molar-refractivity contribution in [2.24, 2.45) is 5.73 Å². The van der Waals surface area contributed by atoms with Crippen LogP contribution in [0.15, 0.2) is 18.2 Å². The van der Waals surface area contributed by atoms with Crippen LogP contribution in [0, 0.1) is 0 Å². The van der Waals surface area contributed by atoms with Gasteiger partial charge in [0.05, 0.1) is 5.92 Å². The van der Waals surface area contributed by atoms with E-state index >= 15 is 0 Å². The van der Waals surface area contributed by atoms with E-state index in [0.29, 0.717) is 5.56 Å². The van der Waals surface area contributed by atoms with Crippen molar-refractivity contribution in [1.29, 1.82) is 0 Å². The third kappa shape index (κ3) is 2.41. The second-order valence-electron chi connectivity index (χ2n) is 4.56. The number of nitrogens with two attached hydrogens (primary N) is 1. The fourth-order valence-electron chi connectivity index (χ4n) is 2.35. The molecule has 1 saturated heterocycles. The monoisotopic (exact) mass is 250 g/mol. The van der Waals surface area contributed by atoms with E-state index in [9.17, 15) is 9.90 Å². The number of benzene rings is 1. The van der Waals surface area contributed by atoms with Crippen LogP contribution in [-0.2, 0) is 4.79 Å². The molecule has 0 aromatic heterocycles. The predicted molar refractivity (Wildman–Crippen MR) is 69.0 cm³/mol. The highest BCUT2D eigenvalue weighted by Crippen LogP contribution is 2.31. The van der Waals surface area contributed by atoms with Gasteiger partial charge in [-0.3, -0.25) is 4.79 Å². The molecule has 18 heavy (non-hydrogen) atoms. The molecular weight excluding hydrogens is 232 g/mol. The molecule has 0 amide bonds. The Morgan fingerprint density at radius 3 is 2.61 bits per heavy atom. The minimum atomic E-state index is -1.01. The Morgan fingerprint density at radius 2 is 2.06 bits per heavy atom. The molecule has 1 unspecified atom stereocenters. The lowest BCUT2D eigenvalue weighted by Crippen LogP contribution is -2.22. The van der Waals surface area contributed by atoms with Gasteiger partial charge in [0.2, 0.25) is 0 Å². The number of phenols is 1. The summed E-state index contributed by atoms with van der Waals surface area (Å²) >= 11 is 0. The molecule has 1 aromatic rings. The minimum absolute atomic E-state index is 0.00389. The first kappa shape index (κ1) is 12.7. The lowest BCUT2D eigenvalue weighted by atomic mass is 9.97. The number of rotatable bonds is 4. The number of anilines is 1. The third-order valence-electron chi connectivity index (χ3n) is 3.39. The highest BCUT2D eigenvalue weighted by molar-refractivity contribution is 5.78. The van der Waals surface area contributed by atoms with Crippen LogP contribution in [-0.4, -0.2) is 35.8 Å². The second kappa shape index (κ2) is 5.27. The van der Waals surface area contributed by atoms with E-state index in [0.717, 1.165) is 31.6 Å². The van der Waals surface area contributed by atoms with Crippen LogP contribution in [0.4, 0.5) is 5.69 Å². The molecule has 1 heterocycles. The summed E-state index contributed by atoms with van der Waals surface area (Å²) in [4.78, 5) is 13.3. The van der Waals surface area contributed by atoms with E-state index in [1.165, 1.54) is 0 Å². The zero-order valence-corrected chi connectivity index (χ0v) is 10.2. The van der Waals surface area contributed by atoms with Crippen LogP contribution in [0.1, 0.15) is 24.3 Å². The molecule has 2 rings (SSSR count). The highest BCUT2D eigenvalue weighted by Gasteiger charge is 2.23. The van der Waals surface area contributed by atoms with Gasteiger partial charge >= 0.3 is 5.97 Å². The zero-order valence-electron chi connectivity index (χ0n) is 10.2. The van der Waals surface area contributed by atoms with Crippen molar-refractivity contribution in [3.05, 3.63) is 23.8 Å². The number of nitrogens with zero attached hydrogens (tertiary/aromatic N) is 1. The van der Waals surface area contributed by atoms with Crippen molar-refractivity contribution in [1.82, 2.24) is 0 Å². The van der Waals surface area contributed by atoms with Gasteiger partial charge in [0.15, 0.2) is 0 Å². The number of phenolic OH excluding ortho intramolecular Hbond substituents is 1. The molecule has 1 fully saturated rings. The van der Waals surface area contributed by atoms with E-state index in [4.69, 9.17) is 10.8 Å². The Balaban J connectivity index is 2.33. The van der Waals surface area contributed by atoms with Crippen LogP contribution in [0.3, 0.4) is 0 Å². The molecule has 1 aliphatic rings. The number of aromatic hydroxyl groups is 1. The summed E-state index contributed by atoms with van der Waals surface area (Å²) in [7, 11) is 0. The zero-order chi connectivity index (χ0) is 13.1. The normalized spacial score (nSPS) is 16.8. The summed E-state index contributed by atoms with van der Waals surface area (Å²) < 4.78 is 0. The van der Waals surface area contributed by atoms with Gasteiger partial charge in [0.1, 0.15) is 5.75 Å². The minimum Gasteiger partial charge on any atom is -0.508 e. The molecular formula is C13H18N2O3. The van der Waals surface area contributed by atoms with E-state index in [2.05, 4.69) is 4.90 Å². The quantitative estimate of drug-likeness (QED) is 0.745. The highest BCUT2D eigenvalue weighted by atomic mass is 16.4. The van der Waals surface area contributed by atoms with Crippen LogP contribution in [0.25, 0.3) is 0 Å². The van der Waals surface area contributed by atoms with Crippen LogP contribution >= 0.6 is 0 Å². The fourth-order valence-corrected chi connectivity index (χ4v) is 2.35. The number of carbonyl (C=O) groups is 1. The van der Waals surface area contributed by atoms with Crippen molar-refractivity contribution in [2.45, 2.75) is 18.8 Å². The van der Waals surface area contributed by atoms with Gasteiger partial charge in [-0.15, -0.1) is 0 Å². The molecule has 5 heteroatoms. The van der Waals surface area contributed by atoms with Crippen LogP contribution < -0.4 is 10.6 Å². The number of hydrogen-bond acceptors (Lipinski definition) is 4. The van der Waals surface area contributed by atoms with Gasteiger partial charge in [-0.25, -0.2) is 0 Å². The number of carboxylic acids is 1. The van der Waals surface area contributed by atoms with Gasteiger partial charge < -0.3 is 20.8 Å². The molecule has 98 valence electrons. The Morgan fingerprint density at radius 1 is 1.39 bits per heavy atom. The number of aliphatic carboxylic acids is 1. The molecule has 0 bridgehead atoms. The first-order valence-electron chi connectivity index (χ1n) is 6.14. The summed E-state index contributed by atoms with van der Waals surface area (Å²) in [5.74, 6) is -1.87. The standard InChI is InChI=1S/C13H18N2O3/c14-8-11(13(17)18)10-7-9(3-4-12(10)16)15-5-1-2-6-15/h3-4,7,11,16H,1-2,5-6,8,14H2,(H,17,18). The number of hydrogen-bond donors (Lipinski definition) is 3. The molecule has 1 atom stereocenters. The van der Waals surface area contributed by atoms with Gasteiger partial charge in [0.25, 0.3) is 0 Å². The van der Waals surface area contributed by atoms with Crippen molar-refractivity contribution >= 4 is 11.7 Å². The van der Waals surface area contributed by atoms with Crippen LogP contribution in [0.2, 0.25) is 0 Å². The van der Waals surface area contributed by atoms with Crippen molar-refractivity contribution < 1.29 is 15.0 Å². The van der Waals surface area contributed by atoms with Crippen LogP contribution in [0.5, 0.6) is 5.75 Å². The van der Waals surface area contributed by atoms with Gasteiger partial charge in [-0.2, -0.15) is 0 Å². The average Bonchev–Trinajstić information content (AvgIpc) is 2.85. The maximum Gasteiger partial charge on any atom is 0.312 e. The van der Waals surface area contributed by atoms with Crippen molar-refractivity contribution in [3.8, 4) is 5.75 Å². The molecule has 1 aliphatic heterocycles. The first-order chi connectivity index (χ1) is 8.63. The van der Waals surface area contributed by atoms with Crippen molar-refractivity contribution in [2.75, 3.05) is 24.5 Å². The molecule has 1 aromatic carbocycles.